The molecule has 0 N–H and O–H groups in total. The summed E-state index contributed by atoms with van der Waals surface area (Å²) in [5.74, 6) is 1.90. The van der Waals surface area contributed by atoms with Crippen LogP contribution in [-0.4, -0.2) is 45.8 Å². The number of pyridine rings is 1. The smallest absolute Gasteiger partial charge is 0.241 e. The Morgan fingerprint density at radius 2 is 2.09 bits per heavy atom. The molecule has 23 heavy (non-hydrogen) atoms. The van der Waals surface area contributed by atoms with Crippen LogP contribution in [0.4, 0.5) is 0 Å². The van der Waals surface area contributed by atoms with E-state index in [1.807, 2.05) is 12.1 Å². The molecule has 0 saturated carbocycles. The first-order valence-electron chi connectivity index (χ1n) is 8.07. The van der Waals surface area contributed by atoms with E-state index in [4.69, 9.17) is 9.26 Å². The normalized spacial score (nSPS) is 20.8. The minimum atomic E-state index is -0.0112. The summed E-state index contributed by atoms with van der Waals surface area (Å²) >= 11 is 0. The molecule has 0 amide bonds. The number of hydrogen-bond donors (Lipinski definition) is 0. The first kappa shape index (κ1) is 16.1. The average molecular weight is 316 g/mol. The number of hydrogen-bond acceptors (Lipinski definition) is 6. The van der Waals surface area contributed by atoms with Crippen molar-refractivity contribution in [3.05, 3.63) is 30.4 Å². The Hall–Kier alpha value is -1.79. The molecule has 124 valence electrons. The van der Waals surface area contributed by atoms with Crippen LogP contribution in [0.2, 0.25) is 0 Å². The number of rotatable bonds is 5. The number of ether oxygens (including phenoxy) is 1. The van der Waals surface area contributed by atoms with Gasteiger partial charge in [-0.25, -0.2) is 0 Å². The molecule has 0 bridgehead atoms. The summed E-state index contributed by atoms with van der Waals surface area (Å²) in [7, 11) is 2.10. The highest BCUT2D eigenvalue weighted by molar-refractivity contribution is 5.52. The average Bonchev–Trinajstić information content (AvgIpc) is 2.95. The molecule has 2 aromatic rings. The quantitative estimate of drug-likeness (QED) is 0.845. The molecular weight excluding hydrogens is 292 g/mol. The Kier molecular flexibility index (Phi) is 4.73. The Balaban J connectivity index is 1.56. The van der Waals surface area contributed by atoms with E-state index in [1.165, 1.54) is 0 Å². The Morgan fingerprint density at radius 3 is 2.83 bits per heavy atom. The van der Waals surface area contributed by atoms with Gasteiger partial charge in [-0.1, -0.05) is 5.16 Å². The number of aromatic nitrogens is 3. The van der Waals surface area contributed by atoms with Gasteiger partial charge in [0.05, 0.1) is 12.1 Å². The van der Waals surface area contributed by atoms with Crippen LogP contribution in [0.1, 0.15) is 32.6 Å². The van der Waals surface area contributed by atoms with E-state index in [-0.39, 0.29) is 5.60 Å². The van der Waals surface area contributed by atoms with Gasteiger partial charge in [-0.3, -0.25) is 9.88 Å². The molecule has 1 atom stereocenters. The number of nitrogens with zero attached hydrogens (tertiary/aromatic N) is 4. The minimum absolute atomic E-state index is 0.0112. The second-order valence-corrected chi connectivity index (χ2v) is 6.91. The molecule has 1 aliphatic heterocycles. The van der Waals surface area contributed by atoms with Crippen molar-refractivity contribution >= 4 is 0 Å². The second-order valence-electron chi connectivity index (χ2n) is 6.91. The summed E-state index contributed by atoms with van der Waals surface area (Å²) in [6, 6.07) is 3.75. The zero-order valence-corrected chi connectivity index (χ0v) is 14.0. The highest BCUT2D eigenvalue weighted by Gasteiger charge is 2.29. The van der Waals surface area contributed by atoms with Gasteiger partial charge < -0.3 is 9.26 Å². The maximum Gasteiger partial charge on any atom is 0.241 e. The fourth-order valence-corrected chi connectivity index (χ4v) is 3.19. The van der Waals surface area contributed by atoms with Crippen LogP contribution in [0, 0.1) is 5.92 Å². The highest BCUT2D eigenvalue weighted by atomic mass is 16.5. The molecule has 1 fully saturated rings. The van der Waals surface area contributed by atoms with Crippen LogP contribution in [0.3, 0.4) is 0 Å². The van der Waals surface area contributed by atoms with Crippen molar-refractivity contribution in [2.45, 2.75) is 38.8 Å². The fourth-order valence-electron chi connectivity index (χ4n) is 3.19. The van der Waals surface area contributed by atoms with E-state index >= 15 is 0 Å². The molecule has 0 aliphatic carbocycles. The highest BCUT2D eigenvalue weighted by Crippen LogP contribution is 2.29. The summed E-state index contributed by atoms with van der Waals surface area (Å²) < 4.78 is 11.2. The lowest BCUT2D eigenvalue weighted by molar-refractivity contribution is -0.0763. The van der Waals surface area contributed by atoms with E-state index in [9.17, 15) is 0 Å². The first-order chi connectivity index (χ1) is 11.0. The SMILES string of the molecule is CN(Cc1nc(-c2ccncc2)no1)C[C@@H]1CCOC(C)(C)C1. The molecule has 6 nitrogen and oxygen atoms in total. The molecule has 2 aromatic heterocycles. The van der Waals surface area contributed by atoms with Gasteiger partial charge in [0.2, 0.25) is 11.7 Å². The molecule has 1 aliphatic rings. The van der Waals surface area contributed by atoms with Gasteiger partial charge in [-0.05, 0) is 51.8 Å². The van der Waals surface area contributed by atoms with E-state index < -0.39 is 0 Å². The van der Waals surface area contributed by atoms with Crippen molar-refractivity contribution in [1.82, 2.24) is 20.0 Å². The largest absolute Gasteiger partial charge is 0.376 e. The molecule has 3 heterocycles. The van der Waals surface area contributed by atoms with Crippen molar-refractivity contribution in [1.29, 1.82) is 0 Å². The van der Waals surface area contributed by atoms with Crippen molar-refractivity contribution in [2.75, 3.05) is 20.2 Å². The summed E-state index contributed by atoms with van der Waals surface area (Å²) in [6.45, 7) is 6.85. The van der Waals surface area contributed by atoms with Crippen LogP contribution >= 0.6 is 0 Å². The third kappa shape index (κ3) is 4.36. The molecule has 0 aromatic carbocycles. The van der Waals surface area contributed by atoms with Crippen molar-refractivity contribution < 1.29 is 9.26 Å². The zero-order chi connectivity index (χ0) is 16.3. The van der Waals surface area contributed by atoms with Crippen LogP contribution < -0.4 is 0 Å². The topological polar surface area (TPSA) is 64.3 Å². The summed E-state index contributed by atoms with van der Waals surface area (Å²) in [6.07, 6.45) is 5.65. The lowest BCUT2D eigenvalue weighted by Gasteiger charge is -2.36. The molecule has 6 heteroatoms. The molecular formula is C17H24N4O2. The monoisotopic (exact) mass is 316 g/mol. The van der Waals surface area contributed by atoms with Gasteiger partial charge in [-0.15, -0.1) is 0 Å². The summed E-state index contributed by atoms with van der Waals surface area (Å²) in [5, 5.41) is 4.05. The minimum Gasteiger partial charge on any atom is -0.376 e. The van der Waals surface area contributed by atoms with Crippen molar-refractivity contribution in [3.63, 3.8) is 0 Å². The van der Waals surface area contributed by atoms with Gasteiger partial charge in [0.1, 0.15) is 0 Å². The second kappa shape index (κ2) is 6.76. The van der Waals surface area contributed by atoms with Crippen molar-refractivity contribution in [2.24, 2.45) is 5.92 Å². The Bertz CT molecular complexity index is 627. The lowest BCUT2D eigenvalue weighted by atomic mass is 9.88. The first-order valence-corrected chi connectivity index (χ1v) is 8.07. The van der Waals surface area contributed by atoms with E-state index in [2.05, 4.69) is 40.9 Å². The van der Waals surface area contributed by atoms with Crippen LogP contribution in [0.5, 0.6) is 0 Å². The van der Waals surface area contributed by atoms with Gasteiger partial charge in [0, 0.05) is 31.1 Å². The Morgan fingerprint density at radius 1 is 1.30 bits per heavy atom. The third-order valence-electron chi connectivity index (χ3n) is 4.18. The maximum atomic E-state index is 5.78. The zero-order valence-electron chi connectivity index (χ0n) is 14.0. The third-order valence-corrected chi connectivity index (χ3v) is 4.18. The van der Waals surface area contributed by atoms with Gasteiger partial charge in [-0.2, -0.15) is 4.98 Å². The fraction of sp³-hybridized carbons (Fsp3) is 0.588. The molecule has 3 rings (SSSR count). The summed E-state index contributed by atoms with van der Waals surface area (Å²) in [5.41, 5.74) is 0.909. The van der Waals surface area contributed by atoms with E-state index in [1.54, 1.807) is 12.4 Å². The maximum absolute atomic E-state index is 5.78. The van der Waals surface area contributed by atoms with Gasteiger partial charge in [0.25, 0.3) is 0 Å². The standard InChI is InChI=1S/C17H24N4O2/c1-17(2)10-13(6-9-22-17)11-21(3)12-15-19-16(20-23-15)14-4-7-18-8-5-14/h4-5,7-8,13H,6,9-12H2,1-3H3/t13-/m1/s1. The van der Waals surface area contributed by atoms with Crippen LogP contribution in [0.15, 0.2) is 29.0 Å². The van der Waals surface area contributed by atoms with Gasteiger partial charge >= 0.3 is 0 Å². The van der Waals surface area contributed by atoms with Crippen molar-refractivity contribution in [3.8, 4) is 11.4 Å². The molecule has 0 radical (unpaired) electrons. The van der Waals surface area contributed by atoms with Crippen LogP contribution in [-0.2, 0) is 11.3 Å². The summed E-state index contributed by atoms with van der Waals surface area (Å²) in [4.78, 5) is 10.7. The molecule has 0 spiro atoms. The predicted molar refractivity (Wildman–Crippen MR) is 86.6 cm³/mol. The van der Waals surface area contributed by atoms with E-state index in [0.29, 0.717) is 24.2 Å². The molecule has 0 unspecified atom stereocenters. The van der Waals surface area contributed by atoms with Crippen LogP contribution in [0.25, 0.3) is 11.4 Å². The van der Waals surface area contributed by atoms with Gasteiger partial charge in [0.15, 0.2) is 0 Å². The molecule has 1 saturated heterocycles. The lowest BCUT2D eigenvalue weighted by Crippen LogP contribution is -2.38. The Labute approximate surface area is 136 Å². The predicted octanol–water partition coefficient (Wildman–Crippen LogP) is 2.77. The van der Waals surface area contributed by atoms with E-state index in [0.717, 1.165) is 31.6 Å².